The molecule has 0 saturated carbocycles. The summed E-state index contributed by atoms with van der Waals surface area (Å²) in [5.41, 5.74) is 4.56. The Morgan fingerprint density at radius 2 is 1.96 bits per heavy atom. The monoisotopic (exact) mass is 308 g/mol. The Balaban J connectivity index is 1.70. The van der Waals surface area contributed by atoms with Crippen molar-refractivity contribution < 1.29 is 14.3 Å². The maximum Gasteiger partial charge on any atom is 0.331 e. The molecule has 0 aromatic heterocycles. The van der Waals surface area contributed by atoms with Crippen LogP contribution in [0.1, 0.15) is 30.0 Å². The van der Waals surface area contributed by atoms with Crippen LogP contribution in [0.5, 0.6) is 5.75 Å². The minimum Gasteiger partial charge on any atom is -0.489 e. The third-order valence-corrected chi connectivity index (χ3v) is 3.91. The van der Waals surface area contributed by atoms with Crippen LogP contribution in [0.15, 0.2) is 54.6 Å². The van der Waals surface area contributed by atoms with E-state index in [1.807, 2.05) is 49.4 Å². The first-order valence-corrected chi connectivity index (χ1v) is 7.93. The van der Waals surface area contributed by atoms with E-state index in [4.69, 9.17) is 9.47 Å². The lowest BCUT2D eigenvalue weighted by molar-refractivity contribution is -0.137. The molecule has 118 valence electrons. The van der Waals surface area contributed by atoms with Crippen molar-refractivity contribution in [1.82, 2.24) is 0 Å². The highest BCUT2D eigenvalue weighted by molar-refractivity contribution is 5.93. The molecule has 0 radical (unpaired) electrons. The smallest absolute Gasteiger partial charge is 0.331 e. The Labute approximate surface area is 136 Å². The van der Waals surface area contributed by atoms with Gasteiger partial charge in [0, 0.05) is 6.08 Å². The second-order valence-corrected chi connectivity index (χ2v) is 5.51. The van der Waals surface area contributed by atoms with Crippen LogP contribution in [-0.4, -0.2) is 12.6 Å². The van der Waals surface area contributed by atoms with Gasteiger partial charge in [-0.1, -0.05) is 36.4 Å². The van der Waals surface area contributed by atoms with Crippen LogP contribution in [0.3, 0.4) is 0 Å². The number of esters is 1. The van der Waals surface area contributed by atoms with Crippen molar-refractivity contribution in [3.63, 3.8) is 0 Å². The van der Waals surface area contributed by atoms with Crippen LogP contribution in [0.4, 0.5) is 0 Å². The molecule has 0 aliphatic heterocycles. The summed E-state index contributed by atoms with van der Waals surface area (Å²) in [7, 11) is 0. The molecule has 0 unspecified atom stereocenters. The zero-order valence-corrected chi connectivity index (χ0v) is 13.2. The van der Waals surface area contributed by atoms with Crippen LogP contribution >= 0.6 is 0 Å². The summed E-state index contributed by atoms with van der Waals surface area (Å²) in [6.45, 7) is 2.78. The Morgan fingerprint density at radius 1 is 1.13 bits per heavy atom. The van der Waals surface area contributed by atoms with Crippen molar-refractivity contribution in [3.8, 4) is 5.75 Å². The molecule has 0 amide bonds. The fourth-order valence-corrected chi connectivity index (χ4v) is 2.80. The summed E-state index contributed by atoms with van der Waals surface area (Å²) >= 11 is 0. The van der Waals surface area contributed by atoms with Crippen LogP contribution < -0.4 is 4.74 Å². The number of benzene rings is 2. The molecule has 23 heavy (non-hydrogen) atoms. The maximum absolute atomic E-state index is 11.6. The standard InChI is InChI=1S/C20H20O3/c1-2-22-20(21)13-17-9-8-16-12-18(10-11-19(16)17)23-14-15-6-4-3-5-7-15/h3-7,10-13H,2,8-9,14H2,1H3. The number of rotatable bonds is 5. The first-order chi connectivity index (χ1) is 11.3. The highest BCUT2D eigenvalue weighted by atomic mass is 16.5. The summed E-state index contributed by atoms with van der Waals surface area (Å²) in [5.74, 6) is 0.602. The molecule has 0 N–H and O–H groups in total. The summed E-state index contributed by atoms with van der Waals surface area (Å²) < 4.78 is 10.9. The van der Waals surface area contributed by atoms with Gasteiger partial charge in [0.1, 0.15) is 12.4 Å². The van der Waals surface area contributed by atoms with Crippen LogP contribution in [0, 0.1) is 0 Å². The summed E-state index contributed by atoms with van der Waals surface area (Å²) in [6, 6.07) is 16.2. The first kappa shape index (κ1) is 15.3. The lowest BCUT2D eigenvalue weighted by atomic mass is 10.1. The number of ether oxygens (including phenoxy) is 2. The summed E-state index contributed by atoms with van der Waals surface area (Å²) in [4.78, 5) is 11.6. The molecule has 2 aromatic rings. The van der Waals surface area contributed by atoms with Gasteiger partial charge in [-0.3, -0.25) is 0 Å². The first-order valence-electron chi connectivity index (χ1n) is 7.93. The van der Waals surface area contributed by atoms with Gasteiger partial charge in [-0.05, 0) is 54.2 Å². The third kappa shape index (κ3) is 3.81. The zero-order valence-electron chi connectivity index (χ0n) is 13.2. The van der Waals surface area contributed by atoms with E-state index in [0.717, 1.165) is 35.3 Å². The third-order valence-electron chi connectivity index (χ3n) is 3.91. The Kier molecular flexibility index (Phi) is 4.77. The molecule has 3 nitrogen and oxygen atoms in total. The molecule has 0 saturated heterocycles. The molecule has 0 atom stereocenters. The molecule has 1 aliphatic rings. The molecule has 1 aliphatic carbocycles. The molecule has 0 heterocycles. The van der Waals surface area contributed by atoms with Crippen molar-refractivity contribution in [1.29, 1.82) is 0 Å². The fourth-order valence-electron chi connectivity index (χ4n) is 2.80. The van der Waals surface area contributed by atoms with E-state index in [9.17, 15) is 4.79 Å². The number of aryl methyl sites for hydroxylation is 1. The molecular formula is C20H20O3. The highest BCUT2D eigenvalue weighted by Gasteiger charge is 2.18. The molecule has 0 fully saturated rings. The van der Waals surface area contributed by atoms with Crippen molar-refractivity contribution in [2.75, 3.05) is 6.61 Å². The topological polar surface area (TPSA) is 35.5 Å². The lowest BCUT2D eigenvalue weighted by Crippen LogP contribution is -2.00. The number of allylic oxidation sites excluding steroid dienone is 1. The quantitative estimate of drug-likeness (QED) is 0.614. The molecule has 0 bridgehead atoms. The van der Waals surface area contributed by atoms with Gasteiger partial charge >= 0.3 is 5.97 Å². The SMILES string of the molecule is CCOC(=O)C=C1CCc2cc(OCc3ccccc3)ccc21. The second-order valence-electron chi connectivity index (χ2n) is 5.51. The predicted molar refractivity (Wildman–Crippen MR) is 90.1 cm³/mol. The van der Waals surface area contributed by atoms with Gasteiger partial charge in [-0.2, -0.15) is 0 Å². The van der Waals surface area contributed by atoms with E-state index in [1.54, 1.807) is 6.08 Å². The van der Waals surface area contributed by atoms with Crippen molar-refractivity contribution >= 4 is 11.5 Å². The fraction of sp³-hybridized carbons (Fsp3) is 0.250. The van der Waals surface area contributed by atoms with Crippen molar-refractivity contribution in [2.24, 2.45) is 0 Å². The number of carbonyl (C=O) groups is 1. The number of hydrogen-bond acceptors (Lipinski definition) is 3. The van der Waals surface area contributed by atoms with Gasteiger partial charge in [-0.15, -0.1) is 0 Å². The average Bonchev–Trinajstić information content (AvgIpc) is 2.96. The maximum atomic E-state index is 11.6. The average molecular weight is 308 g/mol. The normalized spacial score (nSPS) is 14.6. The van der Waals surface area contributed by atoms with Gasteiger partial charge in [-0.25, -0.2) is 4.79 Å². The van der Waals surface area contributed by atoms with Crippen LogP contribution in [0.25, 0.3) is 5.57 Å². The number of carbonyl (C=O) groups excluding carboxylic acids is 1. The Hall–Kier alpha value is -2.55. The Bertz CT molecular complexity index is 717. The predicted octanol–water partition coefficient (Wildman–Crippen LogP) is 4.16. The van der Waals surface area contributed by atoms with E-state index < -0.39 is 0 Å². The van der Waals surface area contributed by atoms with E-state index in [1.165, 1.54) is 5.56 Å². The number of hydrogen-bond donors (Lipinski definition) is 0. The minimum atomic E-state index is -0.264. The molecule has 2 aromatic carbocycles. The second kappa shape index (κ2) is 7.14. The Morgan fingerprint density at radius 3 is 2.74 bits per heavy atom. The van der Waals surface area contributed by atoms with E-state index >= 15 is 0 Å². The zero-order chi connectivity index (χ0) is 16.1. The van der Waals surface area contributed by atoms with Gasteiger partial charge < -0.3 is 9.47 Å². The molecular weight excluding hydrogens is 288 g/mol. The van der Waals surface area contributed by atoms with Crippen molar-refractivity contribution in [2.45, 2.75) is 26.4 Å². The van der Waals surface area contributed by atoms with Crippen molar-refractivity contribution in [3.05, 3.63) is 71.3 Å². The molecule has 0 spiro atoms. The lowest BCUT2D eigenvalue weighted by Gasteiger charge is -2.08. The largest absolute Gasteiger partial charge is 0.489 e. The van der Waals surface area contributed by atoms with Gasteiger partial charge in [0.25, 0.3) is 0 Å². The molecule has 3 heteroatoms. The summed E-state index contributed by atoms with van der Waals surface area (Å²) in [6.07, 6.45) is 3.42. The van der Waals surface area contributed by atoms with Gasteiger partial charge in [0.15, 0.2) is 0 Å². The highest BCUT2D eigenvalue weighted by Crippen LogP contribution is 2.34. The van der Waals surface area contributed by atoms with Gasteiger partial charge in [0.2, 0.25) is 0 Å². The minimum absolute atomic E-state index is 0.264. The van der Waals surface area contributed by atoms with Crippen LogP contribution in [-0.2, 0) is 22.6 Å². The van der Waals surface area contributed by atoms with Gasteiger partial charge in [0.05, 0.1) is 6.61 Å². The van der Waals surface area contributed by atoms with E-state index in [0.29, 0.717) is 13.2 Å². The number of fused-ring (bicyclic) bond motifs is 1. The van der Waals surface area contributed by atoms with Crippen LogP contribution in [0.2, 0.25) is 0 Å². The molecule has 3 rings (SSSR count). The van der Waals surface area contributed by atoms with E-state index in [-0.39, 0.29) is 5.97 Å². The van der Waals surface area contributed by atoms with E-state index in [2.05, 4.69) is 6.07 Å². The summed E-state index contributed by atoms with van der Waals surface area (Å²) in [5, 5.41) is 0.